The lowest BCUT2D eigenvalue weighted by molar-refractivity contribution is -0.0129. The Hall–Kier alpha value is -0.0800. The molecule has 0 radical (unpaired) electrons. The van der Waals surface area contributed by atoms with Crippen LogP contribution in [0.5, 0.6) is 0 Å². The van der Waals surface area contributed by atoms with Gasteiger partial charge in [0.1, 0.15) is 0 Å². The lowest BCUT2D eigenvalue weighted by Gasteiger charge is -2.54. The van der Waals surface area contributed by atoms with Gasteiger partial charge in [-0.25, -0.2) is 0 Å². The van der Waals surface area contributed by atoms with Gasteiger partial charge in [-0.2, -0.15) is 0 Å². The normalized spacial score (nSPS) is 32.2. The molecule has 1 saturated carbocycles. The number of hydrogen-bond acceptors (Lipinski definition) is 2. The van der Waals surface area contributed by atoms with Gasteiger partial charge in [-0.1, -0.05) is 34.1 Å². The van der Waals surface area contributed by atoms with Gasteiger partial charge in [0.25, 0.3) is 0 Å². The Kier molecular flexibility index (Phi) is 5.18. The minimum atomic E-state index is 0.375. The fourth-order valence-electron chi connectivity index (χ4n) is 4.26. The van der Waals surface area contributed by atoms with Crippen molar-refractivity contribution in [3.8, 4) is 0 Å². The zero-order valence-corrected chi connectivity index (χ0v) is 14.5. The van der Waals surface area contributed by atoms with E-state index in [1.165, 1.54) is 58.2 Å². The Morgan fingerprint density at radius 1 is 1.20 bits per heavy atom. The van der Waals surface area contributed by atoms with E-state index in [-0.39, 0.29) is 0 Å². The number of hydrogen-bond donors (Lipinski definition) is 1. The van der Waals surface area contributed by atoms with Crippen LogP contribution >= 0.6 is 0 Å². The third-order valence-corrected chi connectivity index (χ3v) is 6.12. The molecule has 2 nitrogen and oxygen atoms in total. The van der Waals surface area contributed by atoms with E-state index in [0.29, 0.717) is 11.1 Å². The summed E-state index contributed by atoms with van der Waals surface area (Å²) in [4.78, 5) is 2.86. The summed E-state index contributed by atoms with van der Waals surface area (Å²) in [5.41, 5.74) is 0.774. The highest BCUT2D eigenvalue weighted by Crippen LogP contribution is 2.43. The molecule has 2 rings (SSSR count). The molecule has 1 heterocycles. The summed E-state index contributed by atoms with van der Waals surface area (Å²) in [5.74, 6) is 1.76. The molecule has 2 aliphatic rings. The summed E-state index contributed by atoms with van der Waals surface area (Å²) >= 11 is 0. The standard InChI is InChI=1S/C18H36N2/c1-6-9-15(4)12-20-14-17(5,16-10-11-16)19-13-18(20,7-2)8-3/h15-16,19H,6-14H2,1-5H3. The predicted octanol–water partition coefficient (Wildman–Crippen LogP) is 4.06. The molecule has 0 bridgehead atoms. The molecule has 118 valence electrons. The van der Waals surface area contributed by atoms with Crippen LogP contribution in [0.15, 0.2) is 0 Å². The van der Waals surface area contributed by atoms with Gasteiger partial charge in [0.15, 0.2) is 0 Å². The molecular formula is C18H36N2. The Balaban J connectivity index is 2.09. The summed E-state index contributed by atoms with van der Waals surface area (Å²) in [6, 6.07) is 0. The molecular weight excluding hydrogens is 244 g/mol. The molecule has 0 aromatic rings. The average molecular weight is 280 g/mol. The lowest BCUT2D eigenvalue weighted by Crippen LogP contribution is -2.70. The first-order valence-corrected chi connectivity index (χ1v) is 8.99. The SMILES string of the molecule is CCCC(C)CN1CC(C)(C2CC2)NCC1(CC)CC. The summed E-state index contributed by atoms with van der Waals surface area (Å²) < 4.78 is 0. The van der Waals surface area contributed by atoms with Gasteiger partial charge < -0.3 is 5.32 Å². The molecule has 1 aliphatic heterocycles. The molecule has 2 atom stereocenters. The van der Waals surface area contributed by atoms with Crippen LogP contribution in [0.3, 0.4) is 0 Å². The van der Waals surface area contributed by atoms with Crippen molar-refractivity contribution in [1.82, 2.24) is 10.2 Å². The van der Waals surface area contributed by atoms with Crippen LogP contribution in [0.1, 0.15) is 73.1 Å². The third kappa shape index (κ3) is 3.22. The highest BCUT2D eigenvalue weighted by Gasteiger charge is 2.49. The molecule has 1 saturated heterocycles. The van der Waals surface area contributed by atoms with Crippen LogP contribution in [-0.4, -0.2) is 35.6 Å². The molecule has 0 spiro atoms. The Morgan fingerprint density at radius 2 is 1.85 bits per heavy atom. The molecule has 2 unspecified atom stereocenters. The second kappa shape index (κ2) is 6.36. The van der Waals surface area contributed by atoms with Crippen LogP contribution < -0.4 is 5.32 Å². The van der Waals surface area contributed by atoms with Crippen LogP contribution in [0.4, 0.5) is 0 Å². The van der Waals surface area contributed by atoms with Crippen molar-refractivity contribution < 1.29 is 0 Å². The zero-order chi connectivity index (χ0) is 14.8. The van der Waals surface area contributed by atoms with Crippen molar-refractivity contribution in [3.63, 3.8) is 0 Å². The maximum Gasteiger partial charge on any atom is 0.0329 e. The van der Waals surface area contributed by atoms with Crippen molar-refractivity contribution >= 4 is 0 Å². The summed E-state index contributed by atoms with van der Waals surface area (Å²) in [6.07, 6.45) is 8.11. The lowest BCUT2D eigenvalue weighted by atomic mass is 9.81. The molecule has 0 aromatic heterocycles. The van der Waals surface area contributed by atoms with Crippen LogP contribution in [-0.2, 0) is 0 Å². The maximum absolute atomic E-state index is 3.94. The minimum absolute atomic E-state index is 0.375. The van der Waals surface area contributed by atoms with Gasteiger partial charge >= 0.3 is 0 Å². The Bertz CT molecular complexity index is 307. The second-order valence-corrected chi connectivity index (χ2v) is 7.75. The van der Waals surface area contributed by atoms with E-state index in [1.54, 1.807) is 0 Å². The minimum Gasteiger partial charge on any atom is -0.308 e. The Morgan fingerprint density at radius 3 is 2.35 bits per heavy atom. The van der Waals surface area contributed by atoms with Crippen molar-refractivity contribution in [2.24, 2.45) is 11.8 Å². The molecule has 1 aliphatic carbocycles. The fraction of sp³-hybridized carbons (Fsp3) is 1.00. The average Bonchev–Trinajstić information content (AvgIpc) is 3.25. The molecule has 2 heteroatoms. The van der Waals surface area contributed by atoms with E-state index < -0.39 is 0 Å². The zero-order valence-electron chi connectivity index (χ0n) is 14.5. The monoisotopic (exact) mass is 280 g/mol. The fourth-order valence-corrected chi connectivity index (χ4v) is 4.26. The van der Waals surface area contributed by atoms with Gasteiger partial charge in [-0.15, -0.1) is 0 Å². The first-order chi connectivity index (χ1) is 9.49. The van der Waals surface area contributed by atoms with Gasteiger partial charge in [0, 0.05) is 30.7 Å². The predicted molar refractivity (Wildman–Crippen MR) is 88.1 cm³/mol. The number of nitrogens with zero attached hydrogens (tertiary/aromatic N) is 1. The topological polar surface area (TPSA) is 15.3 Å². The number of piperazine rings is 1. The summed E-state index contributed by atoms with van der Waals surface area (Å²) in [6.45, 7) is 15.7. The molecule has 0 amide bonds. The summed E-state index contributed by atoms with van der Waals surface area (Å²) in [7, 11) is 0. The molecule has 1 N–H and O–H groups in total. The van der Waals surface area contributed by atoms with E-state index in [0.717, 1.165) is 11.8 Å². The molecule has 0 aromatic carbocycles. The second-order valence-electron chi connectivity index (χ2n) is 7.75. The first-order valence-electron chi connectivity index (χ1n) is 8.99. The van der Waals surface area contributed by atoms with Crippen molar-refractivity contribution in [2.75, 3.05) is 19.6 Å². The van der Waals surface area contributed by atoms with Gasteiger partial charge in [0.05, 0.1) is 0 Å². The van der Waals surface area contributed by atoms with E-state index in [4.69, 9.17) is 0 Å². The van der Waals surface area contributed by atoms with E-state index >= 15 is 0 Å². The van der Waals surface area contributed by atoms with Crippen molar-refractivity contribution in [2.45, 2.75) is 84.2 Å². The highest BCUT2D eigenvalue weighted by molar-refractivity contribution is 5.08. The smallest absolute Gasteiger partial charge is 0.0329 e. The number of nitrogens with one attached hydrogen (secondary N) is 1. The number of rotatable bonds is 7. The van der Waals surface area contributed by atoms with Crippen LogP contribution in [0.2, 0.25) is 0 Å². The third-order valence-electron chi connectivity index (χ3n) is 6.12. The van der Waals surface area contributed by atoms with E-state index in [1.807, 2.05) is 0 Å². The van der Waals surface area contributed by atoms with E-state index in [9.17, 15) is 0 Å². The van der Waals surface area contributed by atoms with Crippen molar-refractivity contribution in [1.29, 1.82) is 0 Å². The van der Waals surface area contributed by atoms with Gasteiger partial charge in [-0.3, -0.25) is 4.90 Å². The quantitative estimate of drug-likeness (QED) is 0.756. The Labute approximate surface area is 126 Å². The molecule has 2 fully saturated rings. The summed E-state index contributed by atoms with van der Waals surface area (Å²) in [5, 5.41) is 3.94. The van der Waals surface area contributed by atoms with Crippen molar-refractivity contribution in [3.05, 3.63) is 0 Å². The first kappa shape index (κ1) is 16.3. The van der Waals surface area contributed by atoms with Crippen LogP contribution in [0, 0.1) is 11.8 Å². The maximum atomic E-state index is 3.94. The van der Waals surface area contributed by atoms with E-state index in [2.05, 4.69) is 44.8 Å². The van der Waals surface area contributed by atoms with Gasteiger partial charge in [0.2, 0.25) is 0 Å². The highest BCUT2D eigenvalue weighted by atomic mass is 15.3. The largest absolute Gasteiger partial charge is 0.308 e. The molecule has 20 heavy (non-hydrogen) atoms. The van der Waals surface area contributed by atoms with Gasteiger partial charge in [-0.05, 0) is 50.9 Å². The van der Waals surface area contributed by atoms with Crippen LogP contribution in [0.25, 0.3) is 0 Å².